The summed E-state index contributed by atoms with van der Waals surface area (Å²) in [6.07, 6.45) is 2.17. The number of halogens is 2. The molecule has 1 heterocycles. The quantitative estimate of drug-likeness (QED) is 0.673. The summed E-state index contributed by atoms with van der Waals surface area (Å²) in [5, 5.41) is 9.39. The summed E-state index contributed by atoms with van der Waals surface area (Å²) in [6.45, 7) is 4.18. The topological polar surface area (TPSA) is 92.6 Å². The molecule has 1 saturated heterocycles. The predicted octanol–water partition coefficient (Wildman–Crippen LogP) is 2.12. The Hall–Kier alpha value is -2.41. The maximum atomic E-state index is 13.9. The van der Waals surface area contributed by atoms with Crippen molar-refractivity contribution in [3.63, 3.8) is 0 Å². The fourth-order valence-electron chi connectivity index (χ4n) is 2.99. The fourth-order valence-corrected chi connectivity index (χ4v) is 2.99. The van der Waals surface area contributed by atoms with Crippen LogP contribution in [0.1, 0.15) is 32.3 Å². The van der Waals surface area contributed by atoms with E-state index in [0.717, 1.165) is 18.6 Å². The molecule has 0 spiro atoms. The molecule has 1 aliphatic heterocycles. The number of likely N-dealkylation sites (tertiary alicyclic amines) is 1. The Morgan fingerprint density at radius 3 is 2.42 bits per heavy atom. The Morgan fingerprint density at radius 2 is 1.92 bits per heavy atom. The number of aliphatic hydroxyl groups is 1. The number of rotatable bonds is 6. The Kier molecular flexibility index (Phi) is 6.37. The second-order valence-corrected chi connectivity index (χ2v) is 6.57. The van der Waals surface area contributed by atoms with Crippen LogP contribution in [0.5, 0.6) is 0 Å². The van der Waals surface area contributed by atoms with Crippen LogP contribution in [0.3, 0.4) is 0 Å². The Morgan fingerprint density at radius 1 is 1.35 bits per heavy atom. The molecule has 0 aromatic heterocycles. The normalized spacial score (nSPS) is 17.6. The molecule has 2 rings (SSSR count). The first kappa shape index (κ1) is 19.9. The SMILES string of the molecule is CCCC(C(=O)N1CC(O)C1)/C(N)=C(C)/C=C(\N)c1c(F)cccc1F. The van der Waals surface area contributed by atoms with Crippen molar-refractivity contribution >= 4 is 11.6 Å². The zero-order valence-electron chi connectivity index (χ0n) is 15.0. The minimum Gasteiger partial charge on any atom is -0.401 e. The third kappa shape index (κ3) is 4.22. The highest BCUT2D eigenvalue weighted by atomic mass is 19.1. The zero-order chi connectivity index (χ0) is 19.4. The number of amides is 1. The minimum absolute atomic E-state index is 0.0943. The number of allylic oxidation sites excluding steroid dienone is 2. The maximum absolute atomic E-state index is 13.9. The summed E-state index contributed by atoms with van der Waals surface area (Å²) >= 11 is 0. The number of nitrogens with zero attached hydrogens (tertiary/aromatic N) is 1. The van der Waals surface area contributed by atoms with Crippen LogP contribution in [0.2, 0.25) is 0 Å². The van der Waals surface area contributed by atoms with E-state index in [4.69, 9.17) is 11.5 Å². The summed E-state index contributed by atoms with van der Waals surface area (Å²) in [5.74, 6) is -2.23. The van der Waals surface area contributed by atoms with E-state index in [1.54, 1.807) is 11.8 Å². The molecule has 1 atom stereocenters. The molecule has 0 saturated carbocycles. The molecule has 0 bridgehead atoms. The third-order valence-corrected chi connectivity index (χ3v) is 4.50. The Labute approximate surface area is 152 Å². The van der Waals surface area contributed by atoms with E-state index in [1.165, 1.54) is 12.1 Å². The van der Waals surface area contributed by atoms with Gasteiger partial charge in [-0.1, -0.05) is 19.4 Å². The van der Waals surface area contributed by atoms with Crippen LogP contribution in [0.15, 0.2) is 35.5 Å². The summed E-state index contributed by atoms with van der Waals surface area (Å²) < 4.78 is 27.7. The largest absolute Gasteiger partial charge is 0.401 e. The number of hydrogen-bond acceptors (Lipinski definition) is 4. The van der Waals surface area contributed by atoms with Gasteiger partial charge >= 0.3 is 0 Å². The van der Waals surface area contributed by atoms with Crippen molar-refractivity contribution in [2.24, 2.45) is 17.4 Å². The lowest BCUT2D eigenvalue weighted by molar-refractivity contribution is -0.144. The second kappa shape index (κ2) is 8.31. The first-order chi connectivity index (χ1) is 12.3. The van der Waals surface area contributed by atoms with Gasteiger partial charge in [-0.15, -0.1) is 0 Å². The number of β-amino-alcohol motifs (C(OH)–C–C–N with tert-alkyl or cyclic N) is 1. The molecule has 1 fully saturated rings. The predicted molar refractivity (Wildman–Crippen MR) is 96.4 cm³/mol. The first-order valence-corrected chi connectivity index (χ1v) is 8.60. The van der Waals surface area contributed by atoms with E-state index >= 15 is 0 Å². The number of benzene rings is 1. The molecule has 5 N–H and O–H groups in total. The molecular formula is C19H25F2N3O2. The van der Waals surface area contributed by atoms with Crippen molar-refractivity contribution in [3.05, 3.63) is 52.7 Å². The summed E-state index contributed by atoms with van der Waals surface area (Å²) in [4.78, 5) is 14.1. The van der Waals surface area contributed by atoms with Gasteiger partial charge in [-0.05, 0) is 37.1 Å². The van der Waals surface area contributed by atoms with Crippen LogP contribution < -0.4 is 11.5 Å². The molecular weight excluding hydrogens is 340 g/mol. The van der Waals surface area contributed by atoms with Crippen molar-refractivity contribution in [1.82, 2.24) is 4.90 Å². The summed E-state index contributed by atoms with van der Waals surface area (Å²) in [6, 6.07) is 3.51. The fraction of sp³-hybridized carbons (Fsp3) is 0.421. The lowest BCUT2D eigenvalue weighted by atomic mass is 9.93. The minimum atomic E-state index is -0.763. The molecule has 0 radical (unpaired) electrons. The molecule has 1 amide bonds. The van der Waals surface area contributed by atoms with Crippen LogP contribution in [0, 0.1) is 17.6 Å². The van der Waals surface area contributed by atoms with Gasteiger partial charge in [-0.25, -0.2) is 8.78 Å². The van der Waals surface area contributed by atoms with Crippen LogP contribution >= 0.6 is 0 Å². The third-order valence-electron chi connectivity index (χ3n) is 4.50. The highest BCUT2D eigenvalue weighted by Crippen LogP contribution is 2.25. The number of carbonyl (C=O) groups is 1. The number of carbonyl (C=O) groups excluding carboxylic acids is 1. The lowest BCUT2D eigenvalue weighted by Gasteiger charge is -2.38. The van der Waals surface area contributed by atoms with Crippen LogP contribution in [-0.2, 0) is 4.79 Å². The van der Waals surface area contributed by atoms with Crippen LogP contribution in [0.25, 0.3) is 5.70 Å². The second-order valence-electron chi connectivity index (χ2n) is 6.57. The average molecular weight is 365 g/mol. The smallest absolute Gasteiger partial charge is 0.231 e. The van der Waals surface area contributed by atoms with Gasteiger partial charge in [0.25, 0.3) is 0 Å². The molecule has 1 unspecified atom stereocenters. The van der Waals surface area contributed by atoms with E-state index in [2.05, 4.69) is 0 Å². The van der Waals surface area contributed by atoms with Crippen molar-refractivity contribution < 1.29 is 18.7 Å². The monoisotopic (exact) mass is 365 g/mol. The van der Waals surface area contributed by atoms with Gasteiger partial charge in [0.2, 0.25) is 5.91 Å². The van der Waals surface area contributed by atoms with Crippen molar-refractivity contribution in [1.29, 1.82) is 0 Å². The first-order valence-electron chi connectivity index (χ1n) is 8.60. The van der Waals surface area contributed by atoms with E-state index in [0.29, 0.717) is 30.8 Å². The van der Waals surface area contributed by atoms with Crippen LogP contribution in [0.4, 0.5) is 8.78 Å². The molecule has 7 heteroatoms. The van der Waals surface area contributed by atoms with E-state index in [-0.39, 0.29) is 17.2 Å². The van der Waals surface area contributed by atoms with E-state index in [1.807, 2.05) is 6.92 Å². The Bertz CT molecular complexity index is 720. The zero-order valence-corrected chi connectivity index (χ0v) is 15.0. The van der Waals surface area contributed by atoms with E-state index < -0.39 is 23.7 Å². The van der Waals surface area contributed by atoms with Gasteiger partial charge in [0.15, 0.2) is 0 Å². The lowest BCUT2D eigenvalue weighted by Crippen LogP contribution is -2.55. The Balaban J connectivity index is 2.31. The van der Waals surface area contributed by atoms with Gasteiger partial charge in [-0.3, -0.25) is 4.79 Å². The molecule has 1 aromatic rings. The number of hydrogen-bond donors (Lipinski definition) is 3. The van der Waals surface area contributed by atoms with Crippen molar-refractivity contribution in [2.75, 3.05) is 13.1 Å². The van der Waals surface area contributed by atoms with Crippen LogP contribution in [-0.4, -0.2) is 35.1 Å². The molecule has 142 valence electrons. The molecule has 0 aliphatic carbocycles. The summed E-state index contributed by atoms with van der Waals surface area (Å²) in [5.41, 5.74) is 12.4. The van der Waals surface area contributed by atoms with E-state index in [9.17, 15) is 18.7 Å². The van der Waals surface area contributed by atoms with Gasteiger partial charge in [0.1, 0.15) is 11.6 Å². The van der Waals surface area contributed by atoms with Gasteiger partial charge < -0.3 is 21.5 Å². The maximum Gasteiger partial charge on any atom is 0.231 e. The molecule has 26 heavy (non-hydrogen) atoms. The summed E-state index contributed by atoms with van der Waals surface area (Å²) in [7, 11) is 0. The number of aliphatic hydroxyl groups excluding tert-OH is 1. The molecule has 1 aromatic carbocycles. The van der Waals surface area contributed by atoms with Gasteiger partial charge in [-0.2, -0.15) is 0 Å². The van der Waals surface area contributed by atoms with Crippen molar-refractivity contribution in [2.45, 2.75) is 32.8 Å². The van der Waals surface area contributed by atoms with Gasteiger partial charge in [0, 0.05) is 24.5 Å². The standard InChI is InChI=1S/C19H25F2N3O2/c1-3-5-13(19(26)24-9-12(25)10-24)18(23)11(2)8-16(22)17-14(20)6-4-7-15(17)21/h4,6-8,12-13,25H,3,5,9-10,22-23H2,1-2H3/b16-8-,18-11-. The number of nitrogens with two attached hydrogens (primary N) is 2. The highest BCUT2D eigenvalue weighted by molar-refractivity contribution is 5.83. The molecule has 1 aliphatic rings. The highest BCUT2D eigenvalue weighted by Gasteiger charge is 2.34. The van der Waals surface area contributed by atoms with Gasteiger partial charge in [0.05, 0.1) is 17.6 Å². The average Bonchev–Trinajstić information content (AvgIpc) is 2.55. The van der Waals surface area contributed by atoms with Crippen molar-refractivity contribution in [3.8, 4) is 0 Å². The molecule has 5 nitrogen and oxygen atoms in total.